The molecule has 0 amide bonds. The first-order chi connectivity index (χ1) is 12.0. The van der Waals surface area contributed by atoms with Gasteiger partial charge in [-0.15, -0.1) is 0 Å². The second-order valence-corrected chi connectivity index (χ2v) is 7.71. The quantitative estimate of drug-likeness (QED) is 0.358. The Morgan fingerprint density at radius 2 is 1.88 bits per heavy atom. The predicted octanol–water partition coefficient (Wildman–Crippen LogP) is 4.95. The first-order valence-corrected chi connectivity index (χ1v) is 10.7. The summed E-state index contributed by atoms with van der Waals surface area (Å²) in [5.41, 5.74) is 6.68. The van der Waals surface area contributed by atoms with Crippen LogP contribution >= 0.6 is 8.03 Å². The van der Waals surface area contributed by atoms with E-state index in [9.17, 15) is 8.96 Å². The molecule has 1 aromatic rings. The van der Waals surface area contributed by atoms with Gasteiger partial charge in [0.1, 0.15) is 0 Å². The number of benzene rings is 1. The lowest BCUT2D eigenvalue weighted by molar-refractivity contribution is 0.289. The van der Waals surface area contributed by atoms with E-state index < -0.39 is 8.03 Å². The fourth-order valence-corrected chi connectivity index (χ4v) is 3.26. The standard InChI is InChI=1S/C19H31FNO3P/c1-2-3-4-5-6-7-8-12-24-19-10-9-16(15-18(19)20)14-17(21)11-13-25(22)23/h9-10,15,17H,2-8,11-14,21H2,1H3/p+1. The van der Waals surface area contributed by atoms with Crippen molar-refractivity contribution >= 4 is 8.03 Å². The summed E-state index contributed by atoms with van der Waals surface area (Å²) >= 11 is 0. The highest BCUT2D eigenvalue weighted by molar-refractivity contribution is 7.37. The molecule has 2 unspecified atom stereocenters. The Bertz CT molecular complexity index is 513. The fraction of sp³-hybridized carbons (Fsp3) is 0.684. The number of hydrogen-bond acceptors (Lipinski definition) is 3. The zero-order valence-electron chi connectivity index (χ0n) is 15.3. The first kappa shape index (κ1) is 22.0. The van der Waals surface area contributed by atoms with Gasteiger partial charge >= 0.3 is 8.03 Å². The van der Waals surface area contributed by atoms with Crippen LogP contribution in [-0.2, 0) is 11.0 Å². The summed E-state index contributed by atoms with van der Waals surface area (Å²) in [6.07, 6.45) is 9.50. The van der Waals surface area contributed by atoms with E-state index in [0.29, 0.717) is 19.4 Å². The van der Waals surface area contributed by atoms with Gasteiger partial charge in [-0.3, -0.25) is 0 Å². The monoisotopic (exact) mass is 372 g/mol. The minimum absolute atomic E-state index is 0.179. The lowest BCUT2D eigenvalue weighted by atomic mass is 10.0. The maximum Gasteiger partial charge on any atom is 0.505 e. The van der Waals surface area contributed by atoms with Crippen molar-refractivity contribution in [3.63, 3.8) is 0 Å². The molecule has 6 heteroatoms. The molecule has 0 bridgehead atoms. The Kier molecular flexibility index (Phi) is 11.6. The Morgan fingerprint density at radius 3 is 2.52 bits per heavy atom. The molecule has 4 nitrogen and oxygen atoms in total. The molecule has 0 heterocycles. The predicted molar refractivity (Wildman–Crippen MR) is 101 cm³/mol. The van der Waals surface area contributed by atoms with Crippen LogP contribution in [0.3, 0.4) is 0 Å². The van der Waals surface area contributed by atoms with E-state index in [-0.39, 0.29) is 23.8 Å². The third kappa shape index (κ3) is 10.5. The number of nitrogens with two attached hydrogens (primary N) is 1. The summed E-state index contributed by atoms with van der Waals surface area (Å²) in [7, 11) is -2.16. The maximum atomic E-state index is 14.1. The summed E-state index contributed by atoms with van der Waals surface area (Å²) in [6.45, 7) is 2.74. The molecule has 0 aromatic heterocycles. The zero-order chi connectivity index (χ0) is 18.5. The van der Waals surface area contributed by atoms with Gasteiger partial charge in [-0.1, -0.05) is 51.5 Å². The molecule has 0 aliphatic heterocycles. The topological polar surface area (TPSA) is 72.5 Å². The van der Waals surface area contributed by atoms with Gasteiger partial charge in [-0.25, -0.2) is 4.39 Å². The van der Waals surface area contributed by atoms with E-state index >= 15 is 0 Å². The van der Waals surface area contributed by atoms with Crippen LogP contribution in [0.15, 0.2) is 18.2 Å². The van der Waals surface area contributed by atoms with Gasteiger partial charge in [-0.2, -0.15) is 4.89 Å². The maximum absolute atomic E-state index is 14.1. The molecule has 0 fully saturated rings. The van der Waals surface area contributed by atoms with Crippen molar-refractivity contribution in [3.05, 3.63) is 29.6 Å². The second-order valence-electron chi connectivity index (χ2n) is 6.56. The lowest BCUT2D eigenvalue weighted by Crippen LogP contribution is -2.23. The Morgan fingerprint density at radius 1 is 1.20 bits per heavy atom. The normalized spacial score (nSPS) is 12.9. The van der Waals surface area contributed by atoms with Crippen molar-refractivity contribution in [2.45, 2.75) is 70.8 Å². The number of rotatable bonds is 14. The van der Waals surface area contributed by atoms with Crippen LogP contribution in [0.4, 0.5) is 4.39 Å². The van der Waals surface area contributed by atoms with Crippen molar-refractivity contribution in [2.24, 2.45) is 5.73 Å². The van der Waals surface area contributed by atoms with Crippen LogP contribution in [-0.4, -0.2) is 23.7 Å². The molecule has 0 aliphatic carbocycles. The summed E-state index contributed by atoms with van der Waals surface area (Å²) < 4.78 is 30.3. The minimum atomic E-state index is -2.16. The summed E-state index contributed by atoms with van der Waals surface area (Å²) in [5, 5.41) is 0. The van der Waals surface area contributed by atoms with E-state index in [1.54, 1.807) is 6.07 Å². The van der Waals surface area contributed by atoms with E-state index in [4.69, 9.17) is 15.4 Å². The fourth-order valence-electron chi connectivity index (χ4n) is 2.71. The van der Waals surface area contributed by atoms with E-state index in [1.165, 1.54) is 38.2 Å². The highest BCUT2D eigenvalue weighted by atomic mass is 31.1. The summed E-state index contributed by atoms with van der Waals surface area (Å²) in [6, 6.07) is 4.65. The molecular weight excluding hydrogens is 340 g/mol. The molecule has 1 rings (SSSR count). The van der Waals surface area contributed by atoms with Gasteiger partial charge in [0, 0.05) is 12.5 Å². The van der Waals surface area contributed by atoms with Gasteiger partial charge in [0.25, 0.3) is 0 Å². The zero-order valence-corrected chi connectivity index (χ0v) is 16.1. The first-order valence-electron chi connectivity index (χ1n) is 9.33. The smallest absolute Gasteiger partial charge is 0.491 e. The molecule has 0 spiro atoms. The van der Waals surface area contributed by atoms with Gasteiger partial charge in [-0.05, 0) is 35.1 Å². The third-order valence-electron chi connectivity index (χ3n) is 4.19. The Labute approximate surface area is 151 Å². The Hall–Kier alpha value is -1.03. The molecule has 3 N–H and O–H groups in total. The molecule has 0 aliphatic rings. The lowest BCUT2D eigenvalue weighted by Gasteiger charge is -2.11. The second kappa shape index (κ2) is 13.2. The number of halogens is 1. The van der Waals surface area contributed by atoms with Gasteiger partial charge in [0.2, 0.25) is 0 Å². The molecule has 0 saturated heterocycles. The molecule has 25 heavy (non-hydrogen) atoms. The average molecular weight is 372 g/mol. The molecule has 0 saturated carbocycles. The third-order valence-corrected chi connectivity index (χ3v) is 4.83. The van der Waals surface area contributed by atoms with E-state index in [0.717, 1.165) is 18.4 Å². The number of ether oxygens (including phenoxy) is 1. The molecule has 0 radical (unpaired) electrons. The Balaban J connectivity index is 2.27. The minimum Gasteiger partial charge on any atom is -0.491 e. The molecule has 2 atom stereocenters. The SMILES string of the molecule is CCCCCCCCCOc1ccc(CC(N)CC[P+](=O)O)cc1F. The van der Waals surface area contributed by atoms with Gasteiger partial charge in [0.05, 0.1) is 6.61 Å². The largest absolute Gasteiger partial charge is 0.505 e. The van der Waals surface area contributed by atoms with Crippen molar-refractivity contribution in [2.75, 3.05) is 12.8 Å². The van der Waals surface area contributed by atoms with Crippen molar-refractivity contribution in [3.8, 4) is 5.75 Å². The van der Waals surface area contributed by atoms with Crippen molar-refractivity contribution < 1.29 is 18.6 Å². The number of unbranched alkanes of at least 4 members (excludes halogenated alkanes) is 6. The van der Waals surface area contributed by atoms with Crippen LogP contribution in [0.2, 0.25) is 0 Å². The van der Waals surface area contributed by atoms with E-state index in [1.807, 2.05) is 6.07 Å². The van der Waals surface area contributed by atoms with Crippen molar-refractivity contribution in [1.29, 1.82) is 0 Å². The number of hydrogen-bond donors (Lipinski definition) is 2. The summed E-state index contributed by atoms with van der Waals surface area (Å²) in [4.78, 5) is 8.80. The average Bonchev–Trinajstić information content (AvgIpc) is 2.57. The molecular formula is C19H32FNO3P+. The van der Waals surface area contributed by atoms with E-state index in [2.05, 4.69) is 6.92 Å². The van der Waals surface area contributed by atoms with Crippen LogP contribution in [0.1, 0.15) is 63.9 Å². The molecule has 1 aromatic carbocycles. The highest BCUT2D eigenvalue weighted by Gasteiger charge is 2.15. The summed E-state index contributed by atoms with van der Waals surface area (Å²) in [5.74, 6) is -0.0948. The van der Waals surface area contributed by atoms with Crippen LogP contribution in [0, 0.1) is 5.82 Å². The highest BCUT2D eigenvalue weighted by Crippen LogP contribution is 2.21. The van der Waals surface area contributed by atoms with Crippen LogP contribution in [0.5, 0.6) is 5.75 Å². The van der Waals surface area contributed by atoms with Gasteiger partial charge < -0.3 is 10.5 Å². The van der Waals surface area contributed by atoms with Gasteiger partial charge in [0.15, 0.2) is 17.7 Å². The van der Waals surface area contributed by atoms with Crippen LogP contribution in [0.25, 0.3) is 0 Å². The van der Waals surface area contributed by atoms with Crippen LogP contribution < -0.4 is 10.5 Å². The van der Waals surface area contributed by atoms with Crippen molar-refractivity contribution in [1.82, 2.24) is 0 Å². The molecule has 142 valence electrons.